The molecule has 0 saturated heterocycles. The first-order chi connectivity index (χ1) is 14.8. The van der Waals surface area contributed by atoms with Crippen LogP contribution in [0.4, 0.5) is 0 Å². The molecule has 0 aromatic heterocycles. The lowest BCUT2D eigenvalue weighted by Crippen LogP contribution is -2.43. The number of hydrogen-bond donors (Lipinski definition) is 1. The van der Waals surface area contributed by atoms with E-state index in [1.165, 1.54) is 0 Å². The highest BCUT2D eigenvalue weighted by Gasteiger charge is 2.28. The molecule has 0 bridgehead atoms. The average molecular weight is 501 g/mol. The fourth-order valence-corrected chi connectivity index (χ4v) is 11.8. The van der Waals surface area contributed by atoms with Gasteiger partial charge in [-0.3, -0.25) is 0 Å². The number of unbranched alkanes of at least 4 members (excludes halogenated alkanes) is 1. The van der Waals surface area contributed by atoms with Crippen LogP contribution in [0.1, 0.15) is 24.0 Å². The van der Waals surface area contributed by atoms with Gasteiger partial charge in [0.1, 0.15) is 0 Å². The monoisotopic (exact) mass is 500 g/mol. The first kappa shape index (κ1) is 28.4. The predicted octanol–water partition coefficient (Wildman–Crippen LogP) is 5.06. The Hall–Kier alpha value is -1.60. The van der Waals surface area contributed by atoms with Crippen molar-refractivity contribution in [2.24, 2.45) is 0 Å². The van der Waals surface area contributed by atoms with E-state index >= 15 is 0 Å². The van der Waals surface area contributed by atoms with Gasteiger partial charge in [0.2, 0.25) is 5.75 Å². The third-order valence-electron chi connectivity index (χ3n) is 4.46. The largest absolute Gasteiger partial charge is 0.493 e. The van der Waals surface area contributed by atoms with E-state index in [0.29, 0.717) is 23.7 Å². The molecule has 0 aliphatic rings. The van der Waals surface area contributed by atoms with Gasteiger partial charge in [0.15, 0.2) is 28.1 Å². The van der Waals surface area contributed by atoms with Crippen molar-refractivity contribution < 1.29 is 32.3 Å². The van der Waals surface area contributed by atoms with Crippen LogP contribution in [-0.2, 0) is 19.4 Å². The number of carboxylic acid groups (broad SMARTS) is 1. The van der Waals surface area contributed by atoms with Crippen molar-refractivity contribution in [1.82, 2.24) is 0 Å². The minimum atomic E-state index is -1.74. The molecule has 1 aromatic rings. The number of benzene rings is 1. The summed E-state index contributed by atoms with van der Waals surface area (Å²) in [6, 6.07) is 2.74. The quantitative estimate of drug-likeness (QED) is 0.217. The molecule has 1 N–H and O–H groups in total. The molecule has 0 radical (unpaired) electrons. The van der Waals surface area contributed by atoms with Gasteiger partial charge < -0.3 is 27.5 Å². The summed E-state index contributed by atoms with van der Waals surface area (Å²) in [5.74, 6) is 0.569. The highest BCUT2D eigenvalue weighted by Crippen LogP contribution is 2.43. The summed E-state index contributed by atoms with van der Waals surface area (Å²) in [7, 11) is -0.388. The number of aliphatic carboxylic acids is 1. The number of hydrogen-bond acceptors (Lipinski definition) is 6. The first-order valence-electron chi connectivity index (χ1n) is 10.9. The second-order valence-electron chi connectivity index (χ2n) is 9.52. The Bertz CT molecular complexity index is 767. The smallest absolute Gasteiger partial charge is 0.328 e. The van der Waals surface area contributed by atoms with Crippen molar-refractivity contribution in [3.05, 3.63) is 23.3 Å². The van der Waals surface area contributed by atoms with Crippen molar-refractivity contribution >= 4 is 38.0 Å². The maximum absolute atomic E-state index is 11.1. The SMILES string of the molecule is COc1cc(/C=C/C(=O)O)c(CCCC[SiH](O[Si](C)(C)C)O[Si](C)(C)C)c(OC)c1OC. The van der Waals surface area contributed by atoms with E-state index in [2.05, 4.69) is 39.3 Å². The molecule has 0 aliphatic carbocycles. The number of methoxy groups -OCH3 is 3. The minimum absolute atomic E-state index is 0.498. The summed E-state index contributed by atoms with van der Waals surface area (Å²) in [5, 5.41) is 9.09. The maximum Gasteiger partial charge on any atom is 0.328 e. The Kier molecular flexibility index (Phi) is 11.2. The summed E-state index contributed by atoms with van der Waals surface area (Å²) < 4.78 is 29.4. The fourth-order valence-electron chi connectivity index (χ4n) is 3.35. The molecular formula is C22H40O7Si3. The normalized spacial score (nSPS) is 12.4. The summed E-state index contributed by atoms with van der Waals surface area (Å²) in [4.78, 5) is 11.1. The number of carboxylic acids is 1. The summed E-state index contributed by atoms with van der Waals surface area (Å²) >= 11 is 0. The molecule has 10 heteroatoms. The molecule has 0 unspecified atom stereocenters. The van der Waals surface area contributed by atoms with E-state index in [1.807, 2.05) is 0 Å². The highest BCUT2D eigenvalue weighted by atomic mass is 28.4. The van der Waals surface area contributed by atoms with Crippen LogP contribution in [0, 0.1) is 0 Å². The standard InChI is InChI=1S/C22H40O7Si3/c1-25-19-16-17(13-14-20(23)24)18(21(26-2)22(19)27-3)12-10-11-15-30(28-31(4,5)6)29-32(7,8)9/h13-14,16,30H,10-12,15H2,1-9H3,(H,23,24)/b14-13+. The highest BCUT2D eigenvalue weighted by molar-refractivity contribution is 6.81. The van der Waals surface area contributed by atoms with Crippen LogP contribution in [0.15, 0.2) is 12.1 Å². The van der Waals surface area contributed by atoms with Gasteiger partial charge in [-0.1, -0.05) is 6.42 Å². The predicted molar refractivity (Wildman–Crippen MR) is 137 cm³/mol. The maximum atomic E-state index is 11.1. The van der Waals surface area contributed by atoms with E-state index in [-0.39, 0.29) is 0 Å². The van der Waals surface area contributed by atoms with E-state index in [4.69, 9.17) is 27.5 Å². The molecule has 0 heterocycles. The molecule has 182 valence electrons. The van der Waals surface area contributed by atoms with Crippen LogP contribution in [0.2, 0.25) is 45.3 Å². The van der Waals surface area contributed by atoms with Crippen molar-refractivity contribution in [2.75, 3.05) is 21.3 Å². The summed E-state index contributed by atoms with van der Waals surface area (Å²) in [6.45, 7) is 13.2. The third-order valence-corrected chi connectivity index (χ3v) is 13.1. The van der Waals surface area contributed by atoms with E-state index < -0.39 is 31.9 Å². The van der Waals surface area contributed by atoms with Crippen LogP contribution in [0.5, 0.6) is 17.2 Å². The molecular weight excluding hydrogens is 460 g/mol. The lowest BCUT2D eigenvalue weighted by Gasteiger charge is -2.30. The average Bonchev–Trinajstić information content (AvgIpc) is 2.66. The summed E-state index contributed by atoms with van der Waals surface area (Å²) in [6.07, 6.45) is 5.27. The Morgan fingerprint density at radius 3 is 1.94 bits per heavy atom. The number of carbonyl (C=O) groups is 1. The molecule has 0 amide bonds. The van der Waals surface area contributed by atoms with Gasteiger partial charge in [-0.05, 0) is 75.9 Å². The van der Waals surface area contributed by atoms with Crippen LogP contribution < -0.4 is 14.2 Å². The lowest BCUT2D eigenvalue weighted by molar-refractivity contribution is -0.131. The first-order valence-corrected chi connectivity index (χ1v) is 19.5. The molecule has 1 aromatic carbocycles. The number of rotatable bonds is 14. The zero-order valence-corrected chi connectivity index (χ0v) is 24.2. The van der Waals surface area contributed by atoms with Crippen LogP contribution in [0.25, 0.3) is 6.08 Å². The van der Waals surface area contributed by atoms with Gasteiger partial charge in [0, 0.05) is 11.6 Å². The van der Waals surface area contributed by atoms with E-state index in [9.17, 15) is 4.79 Å². The zero-order chi connectivity index (χ0) is 24.5. The lowest BCUT2D eigenvalue weighted by atomic mass is 9.99. The second-order valence-corrected chi connectivity index (χ2v) is 21.3. The Balaban J connectivity index is 3.07. The third kappa shape index (κ3) is 9.90. The van der Waals surface area contributed by atoms with E-state index in [1.54, 1.807) is 33.5 Å². The van der Waals surface area contributed by atoms with Gasteiger partial charge in [-0.25, -0.2) is 4.79 Å². The Labute approximate surface area is 196 Å². The molecule has 0 spiro atoms. The van der Waals surface area contributed by atoms with Crippen molar-refractivity contribution in [3.8, 4) is 17.2 Å². The Morgan fingerprint density at radius 2 is 1.50 bits per heavy atom. The molecule has 0 saturated carbocycles. The van der Waals surface area contributed by atoms with Gasteiger partial charge in [-0.15, -0.1) is 0 Å². The number of ether oxygens (including phenoxy) is 3. The molecule has 7 nitrogen and oxygen atoms in total. The van der Waals surface area contributed by atoms with Gasteiger partial charge in [0.05, 0.1) is 21.3 Å². The minimum Gasteiger partial charge on any atom is -0.493 e. The van der Waals surface area contributed by atoms with E-state index in [0.717, 1.165) is 36.1 Å². The van der Waals surface area contributed by atoms with Crippen LogP contribution in [0.3, 0.4) is 0 Å². The van der Waals surface area contributed by atoms with Crippen LogP contribution >= 0.6 is 0 Å². The van der Waals surface area contributed by atoms with Crippen molar-refractivity contribution in [2.45, 2.75) is 64.6 Å². The fraction of sp³-hybridized carbons (Fsp3) is 0.591. The van der Waals surface area contributed by atoms with Gasteiger partial charge in [-0.2, -0.15) is 0 Å². The topological polar surface area (TPSA) is 83.5 Å². The van der Waals surface area contributed by atoms with Gasteiger partial charge >= 0.3 is 15.3 Å². The summed E-state index contributed by atoms with van der Waals surface area (Å²) in [5.41, 5.74) is 1.64. The molecule has 0 fully saturated rings. The molecule has 1 rings (SSSR count). The Morgan fingerprint density at radius 1 is 0.938 bits per heavy atom. The molecule has 32 heavy (non-hydrogen) atoms. The van der Waals surface area contributed by atoms with Crippen LogP contribution in [-0.4, -0.2) is 58.3 Å². The molecule has 0 aliphatic heterocycles. The zero-order valence-electron chi connectivity index (χ0n) is 21.0. The van der Waals surface area contributed by atoms with Crippen molar-refractivity contribution in [3.63, 3.8) is 0 Å². The van der Waals surface area contributed by atoms with Crippen molar-refractivity contribution in [1.29, 1.82) is 0 Å². The second kappa shape index (κ2) is 12.6. The van der Waals surface area contributed by atoms with Gasteiger partial charge in [0.25, 0.3) is 0 Å². The molecule has 0 atom stereocenters.